The Kier molecular flexibility index (Phi) is 5.03. The van der Waals surface area contributed by atoms with Crippen LogP contribution in [-0.4, -0.2) is 35.0 Å². The molecule has 1 amide bonds. The van der Waals surface area contributed by atoms with Gasteiger partial charge in [0.2, 0.25) is 0 Å². The molecule has 0 saturated heterocycles. The topological polar surface area (TPSA) is 90.0 Å². The van der Waals surface area contributed by atoms with Crippen molar-refractivity contribution in [1.82, 2.24) is 29.1 Å². The second kappa shape index (κ2) is 8.38. The third kappa shape index (κ3) is 3.76. The van der Waals surface area contributed by atoms with Crippen molar-refractivity contribution in [3.63, 3.8) is 0 Å². The fourth-order valence-electron chi connectivity index (χ4n) is 4.19. The van der Waals surface area contributed by atoms with Crippen LogP contribution in [0, 0.1) is 12.7 Å². The molecular formula is C27H20FN7O. The first kappa shape index (κ1) is 21.6. The summed E-state index contributed by atoms with van der Waals surface area (Å²) in [5, 5.41) is 9.47. The lowest BCUT2D eigenvalue weighted by Gasteiger charge is -2.07. The minimum atomic E-state index is -0.304. The van der Waals surface area contributed by atoms with E-state index >= 15 is 0 Å². The van der Waals surface area contributed by atoms with E-state index in [1.54, 1.807) is 41.3 Å². The van der Waals surface area contributed by atoms with Crippen LogP contribution in [0.4, 0.5) is 10.2 Å². The van der Waals surface area contributed by atoms with Crippen molar-refractivity contribution in [3.05, 3.63) is 96.5 Å². The van der Waals surface area contributed by atoms with Gasteiger partial charge in [-0.3, -0.25) is 9.78 Å². The van der Waals surface area contributed by atoms with Crippen LogP contribution in [0.5, 0.6) is 0 Å². The van der Waals surface area contributed by atoms with Gasteiger partial charge in [-0.25, -0.2) is 18.9 Å². The lowest BCUT2D eigenvalue weighted by Crippen LogP contribution is -2.12. The zero-order valence-electron chi connectivity index (χ0n) is 19.5. The van der Waals surface area contributed by atoms with Crippen molar-refractivity contribution in [2.75, 3.05) is 5.32 Å². The number of nitrogens with one attached hydrogen (secondary N) is 1. The number of nitrogens with zero attached hydrogens (tertiary/aromatic N) is 6. The molecule has 4 heterocycles. The average molecular weight is 478 g/mol. The molecule has 4 aromatic heterocycles. The van der Waals surface area contributed by atoms with Gasteiger partial charge in [-0.2, -0.15) is 5.10 Å². The van der Waals surface area contributed by atoms with Crippen molar-refractivity contribution in [2.24, 2.45) is 7.05 Å². The molecule has 0 aliphatic heterocycles. The van der Waals surface area contributed by atoms with Crippen LogP contribution in [0.15, 0.2) is 79.3 Å². The molecule has 36 heavy (non-hydrogen) atoms. The summed E-state index contributed by atoms with van der Waals surface area (Å²) in [4.78, 5) is 26.1. The quantitative estimate of drug-likeness (QED) is 0.384. The smallest absolute Gasteiger partial charge is 0.256 e. The van der Waals surface area contributed by atoms with Gasteiger partial charge in [0.05, 0.1) is 17.6 Å². The van der Waals surface area contributed by atoms with Crippen molar-refractivity contribution in [2.45, 2.75) is 6.92 Å². The molecule has 176 valence electrons. The fourth-order valence-corrected chi connectivity index (χ4v) is 4.19. The molecule has 0 fully saturated rings. The van der Waals surface area contributed by atoms with Gasteiger partial charge < -0.3 is 9.88 Å². The Morgan fingerprint density at radius 1 is 0.972 bits per heavy atom. The van der Waals surface area contributed by atoms with Gasteiger partial charge >= 0.3 is 0 Å². The average Bonchev–Trinajstić information content (AvgIpc) is 3.43. The molecule has 9 heteroatoms. The summed E-state index contributed by atoms with van der Waals surface area (Å²) < 4.78 is 17.0. The molecular weight excluding hydrogens is 457 g/mol. The molecule has 2 aromatic carbocycles. The number of imidazole rings is 2. The van der Waals surface area contributed by atoms with E-state index in [1.807, 2.05) is 48.9 Å². The Balaban J connectivity index is 1.33. The van der Waals surface area contributed by atoms with E-state index in [0.717, 1.165) is 27.9 Å². The van der Waals surface area contributed by atoms with Crippen molar-refractivity contribution in [1.29, 1.82) is 0 Å². The number of pyridine rings is 1. The highest BCUT2D eigenvalue weighted by Gasteiger charge is 2.18. The first-order chi connectivity index (χ1) is 17.5. The van der Waals surface area contributed by atoms with E-state index in [1.165, 1.54) is 12.1 Å². The number of carbonyl (C=O) groups excluding carboxylic acids is 1. The number of benzene rings is 2. The van der Waals surface area contributed by atoms with Crippen LogP contribution < -0.4 is 5.32 Å². The molecule has 0 saturated carbocycles. The highest BCUT2D eigenvalue weighted by Crippen LogP contribution is 2.31. The van der Waals surface area contributed by atoms with Crippen LogP contribution in [0.3, 0.4) is 0 Å². The lowest BCUT2D eigenvalue weighted by molar-refractivity contribution is 0.102. The van der Waals surface area contributed by atoms with Gasteiger partial charge in [-0.1, -0.05) is 6.07 Å². The molecule has 0 bridgehead atoms. The molecule has 0 unspecified atom stereocenters. The Hall–Kier alpha value is -4.92. The fraction of sp³-hybridized carbons (Fsp3) is 0.0741. The van der Waals surface area contributed by atoms with Crippen LogP contribution in [0.25, 0.3) is 39.1 Å². The first-order valence-corrected chi connectivity index (χ1v) is 11.3. The minimum Gasteiger partial charge on any atom is -0.330 e. The highest BCUT2D eigenvalue weighted by atomic mass is 19.1. The number of halogens is 1. The monoisotopic (exact) mass is 477 g/mol. The summed E-state index contributed by atoms with van der Waals surface area (Å²) in [5.41, 5.74) is 4.08. The molecule has 0 aliphatic carbocycles. The summed E-state index contributed by atoms with van der Waals surface area (Å²) in [6.45, 7) is 1.91. The molecule has 1 N–H and O–H groups in total. The number of amides is 1. The van der Waals surface area contributed by atoms with E-state index in [0.29, 0.717) is 28.4 Å². The predicted octanol–water partition coefficient (Wildman–Crippen LogP) is 5.04. The summed E-state index contributed by atoms with van der Waals surface area (Å²) >= 11 is 0. The SMILES string of the molecule is Cc1nc(-c2ccc(F)cc2)c(-c2ccc3nc(NC(=O)c4ccc5cnccc5c4)cn3n2)n1C. The molecule has 0 atom stereocenters. The summed E-state index contributed by atoms with van der Waals surface area (Å²) in [6.07, 6.45) is 5.12. The third-order valence-corrected chi connectivity index (χ3v) is 6.14. The molecule has 0 spiro atoms. The number of aromatic nitrogens is 6. The van der Waals surface area contributed by atoms with E-state index in [-0.39, 0.29) is 11.7 Å². The molecule has 0 aliphatic rings. The Bertz CT molecular complexity index is 1770. The summed E-state index contributed by atoms with van der Waals surface area (Å²) in [5.74, 6) is 0.620. The minimum absolute atomic E-state index is 0.266. The van der Waals surface area contributed by atoms with E-state index in [9.17, 15) is 9.18 Å². The lowest BCUT2D eigenvalue weighted by atomic mass is 10.1. The summed E-state index contributed by atoms with van der Waals surface area (Å²) in [7, 11) is 1.91. The largest absolute Gasteiger partial charge is 0.330 e. The Morgan fingerprint density at radius 3 is 2.64 bits per heavy atom. The number of hydrogen-bond donors (Lipinski definition) is 1. The van der Waals surface area contributed by atoms with Gasteiger partial charge in [-0.05, 0) is 66.9 Å². The van der Waals surface area contributed by atoms with E-state index in [2.05, 4.69) is 20.3 Å². The molecule has 8 nitrogen and oxygen atoms in total. The van der Waals surface area contributed by atoms with Gasteiger partial charge in [0.25, 0.3) is 5.91 Å². The summed E-state index contributed by atoms with van der Waals surface area (Å²) in [6, 6.07) is 17.2. The van der Waals surface area contributed by atoms with Crippen LogP contribution in [-0.2, 0) is 7.05 Å². The maximum atomic E-state index is 13.5. The molecule has 0 radical (unpaired) electrons. The van der Waals surface area contributed by atoms with Crippen LogP contribution in [0.1, 0.15) is 16.2 Å². The van der Waals surface area contributed by atoms with Gasteiger partial charge in [0.15, 0.2) is 11.5 Å². The van der Waals surface area contributed by atoms with Gasteiger partial charge in [0.1, 0.15) is 17.3 Å². The number of rotatable bonds is 4. The number of anilines is 1. The maximum Gasteiger partial charge on any atom is 0.256 e. The maximum absolute atomic E-state index is 13.5. The van der Waals surface area contributed by atoms with Crippen LogP contribution >= 0.6 is 0 Å². The molecule has 6 rings (SSSR count). The zero-order valence-corrected chi connectivity index (χ0v) is 19.5. The van der Waals surface area contributed by atoms with Crippen molar-refractivity contribution >= 4 is 28.1 Å². The van der Waals surface area contributed by atoms with Crippen LogP contribution in [0.2, 0.25) is 0 Å². The van der Waals surface area contributed by atoms with Gasteiger partial charge in [0, 0.05) is 36.0 Å². The number of aryl methyl sites for hydroxylation is 1. The van der Waals surface area contributed by atoms with Crippen molar-refractivity contribution < 1.29 is 9.18 Å². The molecule has 6 aromatic rings. The van der Waals surface area contributed by atoms with Gasteiger partial charge in [-0.15, -0.1) is 0 Å². The normalized spacial score (nSPS) is 11.3. The highest BCUT2D eigenvalue weighted by molar-refractivity contribution is 6.06. The second-order valence-electron chi connectivity index (χ2n) is 8.46. The number of hydrogen-bond acceptors (Lipinski definition) is 5. The Labute approximate surface area is 205 Å². The zero-order chi connectivity index (χ0) is 24.8. The predicted molar refractivity (Wildman–Crippen MR) is 135 cm³/mol. The third-order valence-electron chi connectivity index (χ3n) is 6.14. The van der Waals surface area contributed by atoms with E-state index < -0.39 is 0 Å². The Morgan fingerprint density at radius 2 is 1.81 bits per heavy atom. The standard InChI is InChI=1S/C27H20FN7O/c1-16-30-25(17-5-7-21(28)8-6-17)26(34(16)2)22-9-10-24-31-23(15-35(24)33-22)32-27(36)19-3-4-20-14-29-12-11-18(20)13-19/h3-15H,1-2H3,(H,32,36). The number of carbonyl (C=O) groups is 1. The van der Waals surface area contributed by atoms with E-state index in [4.69, 9.17) is 5.10 Å². The van der Waals surface area contributed by atoms with Crippen molar-refractivity contribution in [3.8, 4) is 22.6 Å². The number of fused-ring (bicyclic) bond motifs is 2. The second-order valence-corrected chi connectivity index (χ2v) is 8.46. The first-order valence-electron chi connectivity index (χ1n) is 11.3.